The summed E-state index contributed by atoms with van der Waals surface area (Å²) in [5.74, 6) is -1.33. The van der Waals surface area contributed by atoms with E-state index in [2.05, 4.69) is 21.2 Å². The first-order valence-electron chi connectivity index (χ1n) is 5.36. The Kier molecular flexibility index (Phi) is 3.62. The van der Waals surface area contributed by atoms with Crippen LogP contribution in [0, 0.1) is 0 Å². The van der Waals surface area contributed by atoms with Crippen LogP contribution in [0.2, 0.25) is 0 Å². The molecule has 2 aromatic carbocycles. The number of halogens is 1. The fourth-order valence-electron chi connectivity index (χ4n) is 1.53. The average Bonchev–Trinajstić information content (AvgIpc) is 2.37. The van der Waals surface area contributed by atoms with Crippen LogP contribution in [0.3, 0.4) is 0 Å². The number of hydrogen-bond acceptors (Lipinski definition) is 4. The minimum absolute atomic E-state index is 0.0125. The van der Waals surface area contributed by atoms with Crippen LogP contribution in [0.25, 0.3) is 0 Å². The molecule has 1 amide bonds. The van der Waals surface area contributed by atoms with Gasteiger partial charge in [0.05, 0.1) is 5.56 Å². The van der Waals surface area contributed by atoms with Gasteiger partial charge < -0.3 is 21.3 Å². The summed E-state index contributed by atoms with van der Waals surface area (Å²) in [5.41, 5.74) is 6.67. The molecule has 0 aliphatic rings. The topological polar surface area (TPSA) is 95.6 Å². The van der Waals surface area contributed by atoms with Crippen molar-refractivity contribution in [3.63, 3.8) is 0 Å². The second-order valence-corrected chi connectivity index (χ2v) is 4.72. The van der Waals surface area contributed by atoms with Crippen molar-refractivity contribution < 1.29 is 15.0 Å². The Morgan fingerprint density at radius 1 is 1.21 bits per heavy atom. The number of phenols is 2. The van der Waals surface area contributed by atoms with Gasteiger partial charge in [-0.05, 0) is 46.3 Å². The highest BCUT2D eigenvalue weighted by Gasteiger charge is 2.14. The lowest BCUT2D eigenvalue weighted by Gasteiger charge is -2.08. The van der Waals surface area contributed by atoms with Crippen molar-refractivity contribution in [3.8, 4) is 11.5 Å². The van der Waals surface area contributed by atoms with Crippen molar-refractivity contribution in [1.82, 2.24) is 0 Å². The van der Waals surface area contributed by atoms with Gasteiger partial charge in [-0.1, -0.05) is 6.07 Å². The zero-order valence-corrected chi connectivity index (χ0v) is 11.3. The number of hydrogen-bond donors (Lipinski definition) is 4. The molecule has 5 N–H and O–H groups in total. The predicted octanol–water partition coefficient (Wildman–Crippen LogP) is 2.69. The van der Waals surface area contributed by atoms with Gasteiger partial charge in [0.1, 0.15) is 0 Å². The van der Waals surface area contributed by atoms with Crippen LogP contribution < -0.4 is 11.1 Å². The minimum atomic E-state index is -0.532. The highest BCUT2D eigenvalue weighted by Crippen LogP contribution is 2.29. The SMILES string of the molecule is Nc1cc(NC(=O)c2cccc(O)c2O)ccc1Br. The van der Waals surface area contributed by atoms with Crippen LogP contribution in [0.15, 0.2) is 40.9 Å². The molecule has 0 atom stereocenters. The summed E-state index contributed by atoms with van der Waals surface area (Å²) in [4.78, 5) is 11.9. The molecule has 0 radical (unpaired) electrons. The van der Waals surface area contributed by atoms with Gasteiger partial charge in [-0.25, -0.2) is 0 Å². The molecule has 0 aromatic heterocycles. The molecule has 0 fully saturated rings. The molecule has 0 unspecified atom stereocenters. The van der Waals surface area contributed by atoms with E-state index in [0.717, 1.165) is 4.47 Å². The molecule has 5 nitrogen and oxygen atoms in total. The highest BCUT2D eigenvalue weighted by atomic mass is 79.9. The van der Waals surface area contributed by atoms with Crippen LogP contribution >= 0.6 is 15.9 Å². The minimum Gasteiger partial charge on any atom is -0.504 e. The molecule has 2 aromatic rings. The standard InChI is InChI=1S/C13H11BrN2O3/c14-9-5-4-7(6-10(9)15)16-13(19)8-2-1-3-11(17)12(8)18/h1-6,17-18H,15H2,(H,16,19). The van der Waals surface area contributed by atoms with Crippen molar-refractivity contribution in [2.75, 3.05) is 11.1 Å². The Labute approximate surface area is 117 Å². The third kappa shape index (κ3) is 2.79. The number of para-hydroxylation sites is 1. The molecular weight excluding hydrogens is 312 g/mol. The zero-order chi connectivity index (χ0) is 14.0. The number of nitrogens with two attached hydrogens (primary N) is 1. The first-order chi connectivity index (χ1) is 8.99. The smallest absolute Gasteiger partial charge is 0.259 e. The molecule has 19 heavy (non-hydrogen) atoms. The molecule has 98 valence electrons. The van der Waals surface area contributed by atoms with E-state index in [0.29, 0.717) is 11.4 Å². The number of benzene rings is 2. The summed E-state index contributed by atoms with van der Waals surface area (Å²) in [6.45, 7) is 0. The molecule has 0 spiro atoms. The Morgan fingerprint density at radius 3 is 2.63 bits per heavy atom. The fraction of sp³-hybridized carbons (Fsp3) is 0. The number of rotatable bonds is 2. The van der Waals surface area contributed by atoms with E-state index in [1.807, 2.05) is 0 Å². The molecule has 0 saturated carbocycles. The van der Waals surface area contributed by atoms with Gasteiger partial charge in [-0.3, -0.25) is 4.79 Å². The molecule has 6 heteroatoms. The van der Waals surface area contributed by atoms with Crippen LogP contribution in [-0.4, -0.2) is 16.1 Å². The number of carbonyl (C=O) groups excluding carboxylic acids is 1. The number of aromatic hydroxyl groups is 2. The molecule has 0 bridgehead atoms. The van der Waals surface area contributed by atoms with Gasteiger partial charge >= 0.3 is 0 Å². The molecule has 0 aliphatic heterocycles. The maximum atomic E-state index is 11.9. The molecule has 0 saturated heterocycles. The van der Waals surface area contributed by atoms with E-state index in [-0.39, 0.29) is 11.3 Å². The van der Waals surface area contributed by atoms with Crippen molar-refractivity contribution in [2.45, 2.75) is 0 Å². The monoisotopic (exact) mass is 322 g/mol. The van der Waals surface area contributed by atoms with E-state index in [1.54, 1.807) is 18.2 Å². The number of nitrogen functional groups attached to an aromatic ring is 1. The predicted molar refractivity (Wildman–Crippen MR) is 76.3 cm³/mol. The molecular formula is C13H11BrN2O3. The Morgan fingerprint density at radius 2 is 1.95 bits per heavy atom. The summed E-state index contributed by atoms with van der Waals surface area (Å²) < 4.78 is 0.728. The second kappa shape index (κ2) is 5.19. The third-order valence-corrected chi connectivity index (χ3v) is 3.24. The van der Waals surface area contributed by atoms with Crippen molar-refractivity contribution in [1.29, 1.82) is 0 Å². The van der Waals surface area contributed by atoms with Gasteiger partial charge in [0.2, 0.25) is 0 Å². The van der Waals surface area contributed by atoms with Crippen molar-refractivity contribution in [2.24, 2.45) is 0 Å². The van der Waals surface area contributed by atoms with Crippen LogP contribution in [0.1, 0.15) is 10.4 Å². The number of nitrogens with one attached hydrogen (secondary N) is 1. The van der Waals surface area contributed by atoms with Crippen molar-refractivity contribution in [3.05, 3.63) is 46.4 Å². The number of anilines is 2. The number of phenolic OH excluding ortho intramolecular Hbond substituents is 2. The second-order valence-electron chi connectivity index (χ2n) is 3.86. The largest absolute Gasteiger partial charge is 0.504 e. The third-order valence-electron chi connectivity index (χ3n) is 2.51. The van der Waals surface area contributed by atoms with Gasteiger partial charge in [-0.2, -0.15) is 0 Å². The van der Waals surface area contributed by atoms with Gasteiger partial charge in [0.25, 0.3) is 5.91 Å². The van der Waals surface area contributed by atoms with E-state index in [9.17, 15) is 15.0 Å². The lowest BCUT2D eigenvalue weighted by Crippen LogP contribution is -2.12. The average molecular weight is 323 g/mol. The Balaban J connectivity index is 2.26. The number of amides is 1. The summed E-state index contributed by atoms with van der Waals surface area (Å²) in [6.07, 6.45) is 0. The Hall–Kier alpha value is -2.21. The van der Waals surface area contributed by atoms with E-state index >= 15 is 0 Å². The molecule has 2 rings (SSSR count). The maximum Gasteiger partial charge on any atom is 0.259 e. The lowest BCUT2D eigenvalue weighted by molar-refractivity contribution is 0.102. The van der Waals surface area contributed by atoms with Crippen molar-refractivity contribution >= 4 is 33.2 Å². The summed E-state index contributed by atoms with van der Waals surface area (Å²) in [5, 5.41) is 21.5. The molecule has 0 aliphatic carbocycles. The summed E-state index contributed by atoms with van der Waals surface area (Å²) >= 11 is 3.25. The zero-order valence-electron chi connectivity index (χ0n) is 9.72. The van der Waals surface area contributed by atoms with Crippen LogP contribution in [0.5, 0.6) is 11.5 Å². The normalized spacial score (nSPS) is 10.2. The first kappa shape index (κ1) is 13.2. The van der Waals surface area contributed by atoms with E-state index < -0.39 is 11.7 Å². The van der Waals surface area contributed by atoms with Gasteiger partial charge in [-0.15, -0.1) is 0 Å². The van der Waals surface area contributed by atoms with E-state index in [1.165, 1.54) is 18.2 Å². The quantitative estimate of drug-likeness (QED) is 0.505. The highest BCUT2D eigenvalue weighted by molar-refractivity contribution is 9.10. The fourth-order valence-corrected chi connectivity index (χ4v) is 1.78. The van der Waals surface area contributed by atoms with Crippen LogP contribution in [0.4, 0.5) is 11.4 Å². The van der Waals surface area contributed by atoms with Gasteiger partial charge in [0, 0.05) is 15.8 Å². The lowest BCUT2D eigenvalue weighted by atomic mass is 10.1. The van der Waals surface area contributed by atoms with Gasteiger partial charge in [0.15, 0.2) is 11.5 Å². The summed E-state index contributed by atoms with van der Waals surface area (Å²) in [6, 6.07) is 9.13. The maximum absolute atomic E-state index is 11.9. The number of carbonyl (C=O) groups is 1. The first-order valence-corrected chi connectivity index (χ1v) is 6.15. The van der Waals surface area contributed by atoms with Crippen LogP contribution in [-0.2, 0) is 0 Å². The molecule has 0 heterocycles. The van der Waals surface area contributed by atoms with E-state index in [4.69, 9.17) is 5.73 Å². The summed E-state index contributed by atoms with van der Waals surface area (Å²) in [7, 11) is 0. The Bertz CT molecular complexity index is 644.